The Kier molecular flexibility index (Phi) is 4.35. The minimum absolute atomic E-state index is 0.162. The van der Waals surface area contributed by atoms with Crippen LogP contribution < -0.4 is 11.1 Å². The van der Waals surface area contributed by atoms with E-state index in [-0.39, 0.29) is 5.41 Å². The van der Waals surface area contributed by atoms with Crippen molar-refractivity contribution in [1.82, 2.24) is 9.88 Å². The lowest BCUT2D eigenvalue weighted by Gasteiger charge is -2.47. The van der Waals surface area contributed by atoms with Crippen molar-refractivity contribution in [3.8, 4) is 10.4 Å². The Bertz CT molecular complexity index is 740. The quantitative estimate of drug-likeness (QED) is 0.875. The number of ether oxygens (including phenoxy) is 1. The van der Waals surface area contributed by atoms with Gasteiger partial charge in [-0.25, -0.2) is 9.78 Å². The van der Waals surface area contributed by atoms with Crippen LogP contribution in [0.4, 0.5) is 15.7 Å². The fraction of sp³-hybridized carbons (Fsp3) is 0.444. The molecule has 5 rings (SSSR count). The molecule has 0 spiro atoms. The van der Waals surface area contributed by atoms with Gasteiger partial charge in [0.15, 0.2) is 10.9 Å². The van der Waals surface area contributed by atoms with Crippen LogP contribution in [-0.2, 0) is 4.74 Å². The van der Waals surface area contributed by atoms with Gasteiger partial charge in [0.05, 0.1) is 11.5 Å². The zero-order chi connectivity index (χ0) is 17.3. The number of anilines is 2. The van der Waals surface area contributed by atoms with Crippen molar-refractivity contribution in [3.63, 3.8) is 0 Å². The number of nitrogens with zero attached hydrogens (tertiary/aromatic N) is 2. The average molecular weight is 358 g/mol. The Morgan fingerprint density at radius 1 is 1.24 bits per heavy atom. The van der Waals surface area contributed by atoms with Crippen LogP contribution in [0.5, 0.6) is 0 Å². The van der Waals surface area contributed by atoms with Gasteiger partial charge in [-0.1, -0.05) is 41.7 Å². The molecular formula is C18H22N4O2S. The number of thiazole rings is 1. The molecule has 0 radical (unpaired) electrons. The highest BCUT2D eigenvalue weighted by molar-refractivity contribution is 7.19. The zero-order valence-electron chi connectivity index (χ0n) is 14.0. The average Bonchev–Trinajstić information content (AvgIpc) is 3.02. The zero-order valence-corrected chi connectivity index (χ0v) is 14.8. The Morgan fingerprint density at radius 2 is 1.92 bits per heavy atom. The van der Waals surface area contributed by atoms with Gasteiger partial charge in [-0.2, -0.15) is 0 Å². The van der Waals surface area contributed by atoms with Crippen LogP contribution in [0.15, 0.2) is 30.3 Å². The van der Waals surface area contributed by atoms with Crippen molar-refractivity contribution in [1.29, 1.82) is 0 Å². The Hall–Kier alpha value is -2.12. The second kappa shape index (κ2) is 6.65. The van der Waals surface area contributed by atoms with E-state index in [0.717, 1.165) is 49.3 Å². The summed E-state index contributed by atoms with van der Waals surface area (Å²) in [5.41, 5.74) is 6.98. The summed E-state index contributed by atoms with van der Waals surface area (Å²) in [4.78, 5) is 19.9. The summed E-state index contributed by atoms with van der Waals surface area (Å²) >= 11 is 1.36. The van der Waals surface area contributed by atoms with Gasteiger partial charge in [-0.3, -0.25) is 5.32 Å². The van der Waals surface area contributed by atoms with Crippen molar-refractivity contribution in [2.75, 3.05) is 37.3 Å². The van der Waals surface area contributed by atoms with E-state index in [1.807, 2.05) is 30.3 Å². The van der Waals surface area contributed by atoms with Crippen molar-refractivity contribution in [3.05, 3.63) is 30.3 Å². The molecule has 0 atom stereocenters. The SMILES string of the molecule is Nc1nc(NC(=O)OCC23CCN(CC2)CC3)c(-c2ccccc2)s1. The summed E-state index contributed by atoms with van der Waals surface area (Å²) < 4.78 is 5.56. The fourth-order valence-electron chi connectivity index (χ4n) is 3.67. The summed E-state index contributed by atoms with van der Waals surface area (Å²) in [7, 11) is 0. The Labute approximate surface area is 151 Å². The number of hydrogen-bond donors (Lipinski definition) is 2. The number of carbonyl (C=O) groups is 1. The summed E-state index contributed by atoms with van der Waals surface area (Å²) in [5, 5.41) is 3.19. The molecule has 7 heteroatoms. The molecule has 2 bridgehead atoms. The first-order chi connectivity index (χ1) is 12.1. The minimum atomic E-state index is -0.454. The van der Waals surface area contributed by atoms with E-state index in [2.05, 4.69) is 15.2 Å². The van der Waals surface area contributed by atoms with E-state index >= 15 is 0 Å². The normalized spacial score (nSPS) is 24.9. The van der Waals surface area contributed by atoms with Crippen molar-refractivity contribution < 1.29 is 9.53 Å². The summed E-state index contributed by atoms with van der Waals surface area (Å²) in [6.07, 6.45) is 2.88. The minimum Gasteiger partial charge on any atom is -0.449 e. The molecule has 3 fully saturated rings. The Balaban J connectivity index is 1.41. The number of amides is 1. The van der Waals surface area contributed by atoms with E-state index in [0.29, 0.717) is 17.6 Å². The molecule has 6 nitrogen and oxygen atoms in total. The molecule has 1 aromatic carbocycles. The molecule has 3 aliphatic rings. The first kappa shape index (κ1) is 16.4. The van der Waals surface area contributed by atoms with E-state index in [9.17, 15) is 4.79 Å². The number of nitrogens with one attached hydrogen (secondary N) is 1. The maximum atomic E-state index is 12.3. The summed E-state index contributed by atoms with van der Waals surface area (Å²) in [6, 6.07) is 9.78. The highest BCUT2D eigenvalue weighted by atomic mass is 32.1. The van der Waals surface area contributed by atoms with Crippen LogP contribution in [0.1, 0.15) is 19.3 Å². The molecule has 4 heterocycles. The second-order valence-corrected chi connectivity index (χ2v) is 7.92. The number of nitrogens with two attached hydrogens (primary N) is 1. The van der Waals surface area contributed by atoms with Crippen LogP contribution in [0.25, 0.3) is 10.4 Å². The largest absolute Gasteiger partial charge is 0.449 e. The van der Waals surface area contributed by atoms with Crippen LogP contribution >= 0.6 is 11.3 Å². The number of rotatable bonds is 4. The lowest BCUT2D eigenvalue weighted by atomic mass is 9.73. The Morgan fingerprint density at radius 3 is 2.60 bits per heavy atom. The molecule has 1 aromatic heterocycles. The molecule has 132 valence electrons. The maximum absolute atomic E-state index is 12.3. The number of nitrogen functional groups attached to an aromatic ring is 1. The maximum Gasteiger partial charge on any atom is 0.412 e. The van der Waals surface area contributed by atoms with Gasteiger partial charge in [-0.05, 0) is 44.5 Å². The number of carbonyl (C=O) groups excluding carboxylic acids is 1. The van der Waals surface area contributed by atoms with Gasteiger partial charge in [0.1, 0.15) is 0 Å². The first-order valence-electron chi connectivity index (χ1n) is 8.61. The summed E-state index contributed by atoms with van der Waals surface area (Å²) in [5.74, 6) is 0.467. The topological polar surface area (TPSA) is 80.5 Å². The molecule has 1 amide bonds. The number of aromatic nitrogens is 1. The summed E-state index contributed by atoms with van der Waals surface area (Å²) in [6.45, 7) is 3.83. The third-order valence-corrected chi connectivity index (χ3v) is 6.22. The van der Waals surface area contributed by atoms with Gasteiger partial charge < -0.3 is 15.4 Å². The van der Waals surface area contributed by atoms with Gasteiger partial charge in [0.2, 0.25) is 0 Å². The molecular weight excluding hydrogens is 336 g/mol. The molecule has 3 N–H and O–H groups in total. The van der Waals surface area contributed by atoms with E-state index in [1.54, 1.807) is 0 Å². The van der Waals surface area contributed by atoms with E-state index < -0.39 is 6.09 Å². The number of piperidine rings is 3. The third kappa shape index (κ3) is 3.48. The van der Waals surface area contributed by atoms with Crippen LogP contribution in [0, 0.1) is 5.41 Å². The van der Waals surface area contributed by atoms with Gasteiger partial charge >= 0.3 is 6.09 Å². The third-order valence-electron chi connectivity index (χ3n) is 5.28. The van der Waals surface area contributed by atoms with Crippen LogP contribution in [-0.4, -0.2) is 42.2 Å². The molecule has 3 aliphatic heterocycles. The molecule has 0 saturated carbocycles. The first-order valence-corrected chi connectivity index (χ1v) is 9.43. The lowest BCUT2D eigenvalue weighted by Crippen LogP contribution is -2.50. The van der Waals surface area contributed by atoms with Crippen molar-refractivity contribution in [2.45, 2.75) is 19.3 Å². The van der Waals surface area contributed by atoms with Gasteiger partial charge in [0, 0.05) is 5.41 Å². The monoisotopic (exact) mass is 358 g/mol. The highest BCUT2D eigenvalue weighted by Gasteiger charge is 2.40. The molecule has 0 aliphatic carbocycles. The highest BCUT2D eigenvalue weighted by Crippen LogP contribution is 2.40. The molecule has 3 saturated heterocycles. The van der Waals surface area contributed by atoms with E-state index in [4.69, 9.17) is 10.5 Å². The fourth-order valence-corrected chi connectivity index (χ4v) is 4.46. The standard InChI is InChI=1S/C18H22N4O2S/c19-16-20-15(14(25-16)13-4-2-1-3-5-13)21-17(23)24-12-18-6-9-22(10-7-18)11-8-18/h1-5H,6-12H2,(H2,19,20)(H,21,23). The smallest absolute Gasteiger partial charge is 0.412 e. The van der Waals surface area contributed by atoms with Crippen LogP contribution in [0.2, 0.25) is 0 Å². The van der Waals surface area contributed by atoms with Gasteiger partial charge in [-0.15, -0.1) is 0 Å². The predicted molar refractivity (Wildman–Crippen MR) is 99.7 cm³/mol. The predicted octanol–water partition coefficient (Wildman–Crippen LogP) is 3.43. The number of benzene rings is 1. The van der Waals surface area contributed by atoms with E-state index in [1.165, 1.54) is 11.3 Å². The molecule has 2 aromatic rings. The van der Waals surface area contributed by atoms with Crippen molar-refractivity contribution >= 4 is 28.4 Å². The molecule has 25 heavy (non-hydrogen) atoms. The lowest BCUT2D eigenvalue weighted by molar-refractivity contribution is -0.0190. The number of hydrogen-bond acceptors (Lipinski definition) is 6. The van der Waals surface area contributed by atoms with Gasteiger partial charge in [0.25, 0.3) is 0 Å². The van der Waals surface area contributed by atoms with Crippen molar-refractivity contribution in [2.24, 2.45) is 5.41 Å². The second-order valence-electron chi connectivity index (χ2n) is 6.89. The molecule has 0 unspecified atom stereocenters. The van der Waals surface area contributed by atoms with Crippen LogP contribution in [0.3, 0.4) is 0 Å². The number of fused-ring (bicyclic) bond motifs is 3.